The van der Waals surface area contributed by atoms with Crippen molar-refractivity contribution in [2.24, 2.45) is 0 Å². The summed E-state index contributed by atoms with van der Waals surface area (Å²) in [6.45, 7) is 8.68. The zero-order valence-electron chi connectivity index (χ0n) is 14.2. The first-order chi connectivity index (χ1) is 11.3. The van der Waals surface area contributed by atoms with E-state index in [1.807, 2.05) is 11.3 Å². The third-order valence-corrected chi connectivity index (χ3v) is 6.47. The van der Waals surface area contributed by atoms with Crippen LogP contribution in [0.2, 0.25) is 0 Å². The molecule has 1 N–H and O–H groups in total. The van der Waals surface area contributed by atoms with Crippen LogP contribution in [0.4, 0.5) is 5.82 Å². The van der Waals surface area contributed by atoms with Gasteiger partial charge in [-0.25, -0.2) is 9.97 Å². The molecule has 0 spiro atoms. The number of rotatable bonds is 3. The number of aryl methyl sites for hydroxylation is 2. The number of nitrogens with zero attached hydrogens (tertiary/aromatic N) is 3. The van der Waals surface area contributed by atoms with Crippen molar-refractivity contribution in [2.75, 3.05) is 31.1 Å². The summed E-state index contributed by atoms with van der Waals surface area (Å²) >= 11 is 1.93. The SMILES string of the molecule is CCC(C)c1nc(N2CCNCC2)c2c3c(sc2n1)CCCC3. The van der Waals surface area contributed by atoms with Crippen molar-refractivity contribution in [3.05, 3.63) is 16.3 Å². The summed E-state index contributed by atoms with van der Waals surface area (Å²) in [5.74, 6) is 2.68. The quantitative estimate of drug-likeness (QED) is 0.935. The van der Waals surface area contributed by atoms with Crippen LogP contribution < -0.4 is 10.2 Å². The summed E-state index contributed by atoms with van der Waals surface area (Å²) in [5, 5.41) is 4.83. The molecule has 0 amide bonds. The van der Waals surface area contributed by atoms with Crippen molar-refractivity contribution in [1.29, 1.82) is 0 Å². The fourth-order valence-corrected chi connectivity index (χ4v) is 4.93. The van der Waals surface area contributed by atoms with Gasteiger partial charge < -0.3 is 10.2 Å². The van der Waals surface area contributed by atoms with E-state index in [0.717, 1.165) is 38.4 Å². The van der Waals surface area contributed by atoms with E-state index >= 15 is 0 Å². The molecule has 1 aliphatic heterocycles. The molecule has 0 aromatic carbocycles. The third kappa shape index (κ3) is 2.74. The molecule has 2 aromatic rings. The summed E-state index contributed by atoms with van der Waals surface area (Å²) in [6, 6.07) is 0. The molecule has 0 saturated carbocycles. The first kappa shape index (κ1) is 15.3. The lowest BCUT2D eigenvalue weighted by Crippen LogP contribution is -2.44. The molecule has 0 radical (unpaired) electrons. The highest BCUT2D eigenvalue weighted by Gasteiger charge is 2.25. The molecule has 124 valence electrons. The van der Waals surface area contributed by atoms with Crippen molar-refractivity contribution >= 4 is 27.4 Å². The molecule has 1 aliphatic carbocycles. The van der Waals surface area contributed by atoms with Gasteiger partial charge in [-0.05, 0) is 37.7 Å². The zero-order valence-corrected chi connectivity index (χ0v) is 15.0. The highest BCUT2D eigenvalue weighted by Crippen LogP contribution is 2.40. The van der Waals surface area contributed by atoms with E-state index < -0.39 is 0 Å². The van der Waals surface area contributed by atoms with Crippen LogP contribution >= 0.6 is 11.3 Å². The highest BCUT2D eigenvalue weighted by atomic mass is 32.1. The van der Waals surface area contributed by atoms with Crippen LogP contribution in [0.3, 0.4) is 0 Å². The zero-order chi connectivity index (χ0) is 15.8. The molecule has 1 saturated heterocycles. The summed E-state index contributed by atoms with van der Waals surface area (Å²) in [5.41, 5.74) is 1.56. The minimum Gasteiger partial charge on any atom is -0.353 e. The van der Waals surface area contributed by atoms with Gasteiger partial charge in [0.25, 0.3) is 0 Å². The predicted molar refractivity (Wildman–Crippen MR) is 97.8 cm³/mol. The van der Waals surface area contributed by atoms with Crippen molar-refractivity contribution in [3.8, 4) is 0 Å². The molecule has 2 aromatic heterocycles. The van der Waals surface area contributed by atoms with Crippen molar-refractivity contribution in [1.82, 2.24) is 15.3 Å². The number of anilines is 1. The van der Waals surface area contributed by atoms with Gasteiger partial charge in [0.2, 0.25) is 0 Å². The normalized spacial score (nSPS) is 19.8. The minimum absolute atomic E-state index is 0.431. The molecular weight excluding hydrogens is 304 g/mol. The lowest BCUT2D eigenvalue weighted by Gasteiger charge is -2.30. The number of piperazine rings is 1. The van der Waals surface area contributed by atoms with Crippen LogP contribution in [0, 0.1) is 0 Å². The Bertz CT molecular complexity index is 703. The van der Waals surface area contributed by atoms with E-state index in [2.05, 4.69) is 24.1 Å². The van der Waals surface area contributed by atoms with E-state index in [0.29, 0.717) is 5.92 Å². The third-order valence-electron chi connectivity index (χ3n) is 5.28. The van der Waals surface area contributed by atoms with E-state index in [4.69, 9.17) is 9.97 Å². The standard InChI is InChI=1S/C18H26N4S/c1-3-12(2)16-20-17(22-10-8-19-9-11-22)15-13-6-4-5-7-14(13)23-18(15)21-16/h12,19H,3-11H2,1-2H3. The Hall–Kier alpha value is -1.20. The van der Waals surface area contributed by atoms with E-state index in [9.17, 15) is 0 Å². The first-order valence-electron chi connectivity index (χ1n) is 9.05. The predicted octanol–water partition coefficient (Wildman–Crippen LogP) is 3.49. The molecule has 1 fully saturated rings. The Labute approximate surface area is 142 Å². The molecule has 5 heteroatoms. The smallest absolute Gasteiger partial charge is 0.141 e. The molecule has 0 bridgehead atoms. The molecule has 1 unspecified atom stereocenters. The largest absolute Gasteiger partial charge is 0.353 e. The minimum atomic E-state index is 0.431. The Balaban J connectivity index is 1.89. The number of hydrogen-bond acceptors (Lipinski definition) is 5. The Kier molecular flexibility index (Phi) is 4.24. The topological polar surface area (TPSA) is 41.1 Å². The number of hydrogen-bond donors (Lipinski definition) is 1. The van der Waals surface area contributed by atoms with Crippen LogP contribution in [0.5, 0.6) is 0 Å². The average Bonchev–Trinajstić information content (AvgIpc) is 2.99. The molecule has 4 nitrogen and oxygen atoms in total. The lowest BCUT2D eigenvalue weighted by atomic mass is 9.96. The summed E-state index contributed by atoms with van der Waals surface area (Å²) < 4.78 is 0. The second kappa shape index (κ2) is 6.36. The molecule has 3 heterocycles. The highest BCUT2D eigenvalue weighted by molar-refractivity contribution is 7.19. The number of aromatic nitrogens is 2. The second-order valence-electron chi connectivity index (χ2n) is 6.84. The Morgan fingerprint density at radius 1 is 1.17 bits per heavy atom. The van der Waals surface area contributed by atoms with Gasteiger partial charge in [0, 0.05) is 37.0 Å². The maximum atomic E-state index is 5.07. The van der Waals surface area contributed by atoms with E-state index in [1.165, 1.54) is 41.7 Å². The summed E-state index contributed by atoms with van der Waals surface area (Å²) in [6.07, 6.45) is 6.18. The number of thiophene rings is 1. The summed E-state index contributed by atoms with van der Waals surface area (Å²) in [4.78, 5) is 15.3. The number of nitrogens with one attached hydrogen (secondary N) is 1. The van der Waals surface area contributed by atoms with E-state index in [1.54, 1.807) is 10.4 Å². The van der Waals surface area contributed by atoms with Gasteiger partial charge in [-0.1, -0.05) is 13.8 Å². The van der Waals surface area contributed by atoms with Crippen molar-refractivity contribution < 1.29 is 0 Å². The second-order valence-corrected chi connectivity index (χ2v) is 7.93. The summed E-state index contributed by atoms with van der Waals surface area (Å²) in [7, 11) is 0. The fourth-order valence-electron chi connectivity index (χ4n) is 3.66. The van der Waals surface area contributed by atoms with Gasteiger partial charge in [-0.3, -0.25) is 0 Å². The maximum Gasteiger partial charge on any atom is 0.141 e. The Morgan fingerprint density at radius 3 is 2.74 bits per heavy atom. The van der Waals surface area contributed by atoms with Crippen LogP contribution in [0.25, 0.3) is 10.2 Å². The molecular formula is C18H26N4S. The molecule has 4 rings (SSSR count). The van der Waals surface area contributed by atoms with Gasteiger partial charge in [-0.2, -0.15) is 0 Å². The van der Waals surface area contributed by atoms with Gasteiger partial charge in [0.05, 0.1) is 5.39 Å². The lowest BCUT2D eigenvalue weighted by molar-refractivity contribution is 0.582. The monoisotopic (exact) mass is 330 g/mol. The van der Waals surface area contributed by atoms with Crippen LogP contribution in [-0.4, -0.2) is 36.1 Å². The van der Waals surface area contributed by atoms with Crippen molar-refractivity contribution in [2.45, 2.75) is 51.9 Å². The Morgan fingerprint density at radius 2 is 1.96 bits per heavy atom. The van der Waals surface area contributed by atoms with Crippen molar-refractivity contribution in [3.63, 3.8) is 0 Å². The van der Waals surface area contributed by atoms with Gasteiger partial charge in [0.15, 0.2) is 0 Å². The van der Waals surface area contributed by atoms with Gasteiger partial charge in [0.1, 0.15) is 16.5 Å². The molecule has 1 atom stereocenters. The first-order valence-corrected chi connectivity index (χ1v) is 9.87. The molecule has 23 heavy (non-hydrogen) atoms. The van der Waals surface area contributed by atoms with E-state index in [-0.39, 0.29) is 0 Å². The van der Waals surface area contributed by atoms with Crippen LogP contribution in [-0.2, 0) is 12.8 Å². The fraction of sp³-hybridized carbons (Fsp3) is 0.667. The maximum absolute atomic E-state index is 5.07. The number of fused-ring (bicyclic) bond motifs is 3. The van der Waals surface area contributed by atoms with Gasteiger partial charge in [-0.15, -0.1) is 11.3 Å². The molecule has 2 aliphatic rings. The van der Waals surface area contributed by atoms with Crippen LogP contribution in [0.15, 0.2) is 0 Å². The van der Waals surface area contributed by atoms with Gasteiger partial charge >= 0.3 is 0 Å². The average molecular weight is 331 g/mol. The van der Waals surface area contributed by atoms with Crippen LogP contribution in [0.1, 0.15) is 55.3 Å².